The first-order valence-electron chi connectivity index (χ1n) is 9.95. The van der Waals surface area contributed by atoms with Crippen LogP contribution in [0.25, 0.3) is 0 Å². The first-order chi connectivity index (χ1) is 13.7. The molecule has 0 spiro atoms. The van der Waals surface area contributed by atoms with Gasteiger partial charge in [-0.2, -0.15) is 0 Å². The first-order valence-corrected chi connectivity index (χ1v) is 9.95. The molecule has 148 valence electrons. The lowest BCUT2D eigenvalue weighted by molar-refractivity contribution is -0.118. The Bertz CT molecular complexity index is 768. The monoisotopic (exact) mass is 380 g/mol. The van der Waals surface area contributed by atoms with E-state index in [0.29, 0.717) is 23.7 Å². The first kappa shape index (κ1) is 20.1. The van der Waals surface area contributed by atoms with E-state index in [1.807, 2.05) is 30.3 Å². The summed E-state index contributed by atoms with van der Waals surface area (Å²) in [5.41, 5.74) is 2.26. The Morgan fingerprint density at radius 1 is 1.00 bits per heavy atom. The number of anilines is 1. The number of carbonyl (C=O) groups is 2. The highest BCUT2D eigenvalue weighted by Gasteiger charge is 2.24. The molecular weight excluding hydrogens is 352 g/mol. The van der Waals surface area contributed by atoms with Gasteiger partial charge >= 0.3 is 5.97 Å². The Labute approximate surface area is 166 Å². The standard InChI is InChI=1S/C23H28N2O3/c1-28-23(27)18-12-14-20(15-13-18)25-22(26)21(16-17-8-4-2-5-9-17)24-19-10-6-3-7-11-19/h2,4-5,8-9,12-15,19,21,24H,3,6-7,10-11,16H2,1H3,(H,25,26)/t21-/m1/s1. The molecule has 0 unspecified atom stereocenters. The third kappa shape index (κ3) is 5.67. The third-order valence-corrected chi connectivity index (χ3v) is 5.21. The van der Waals surface area contributed by atoms with Gasteiger partial charge in [0.1, 0.15) is 0 Å². The number of hydrogen-bond acceptors (Lipinski definition) is 4. The Morgan fingerprint density at radius 3 is 2.32 bits per heavy atom. The molecule has 1 aliphatic rings. The van der Waals surface area contributed by atoms with Gasteiger partial charge in [0, 0.05) is 11.7 Å². The predicted molar refractivity (Wildman–Crippen MR) is 110 cm³/mol. The van der Waals surface area contributed by atoms with Crippen molar-refractivity contribution in [2.45, 2.75) is 50.6 Å². The van der Waals surface area contributed by atoms with E-state index >= 15 is 0 Å². The molecule has 1 saturated carbocycles. The van der Waals surface area contributed by atoms with Crippen molar-refractivity contribution >= 4 is 17.6 Å². The van der Waals surface area contributed by atoms with Crippen molar-refractivity contribution in [1.82, 2.24) is 5.32 Å². The summed E-state index contributed by atoms with van der Waals surface area (Å²) < 4.78 is 4.71. The Hall–Kier alpha value is -2.66. The highest BCUT2D eigenvalue weighted by Crippen LogP contribution is 2.19. The fourth-order valence-electron chi connectivity index (χ4n) is 3.67. The van der Waals surface area contributed by atoms with E-state index in [4.69, 9.17) is 4.74 Å². The molecule has 0 aliphatic heterocycles. The molecule has 1 aliphatic carbocycles. The Morgan fingerprint density at radius 2 is 1.68 bits per heavy atom. The molecule has 0 saturated heterocycles. The molecule has 2 N–H and O–H groups in total. The van der Waals surface area contributed by atoms with E-state index in [1.54, 1.807) is 24.3 Å². The average Bonchev–Trinajstić information content (AvgIpc) is 2.74. The number of carbonyl (C=O) groups excluding carboxylic acids is 2. The van der Waals surface area contributed by atoms with Crippen LogP contribution >= 0.6 is 0 Å². The quantitative estimate of drug-likeness (QED) is 0.714. The van der Waals surface area contributed by atoms with Gasteiger partial charge in [-0.25, -0.2) is 4.79 Å². The predicted octanol–water partition coefficient (Wildman–Crippen LogP) is 3.95. The molecule has 0 heterocycles. The minimum atomic E-state index is -0.390. The van der Waals surface area contributed by atoms with Crippen molar-refractivity contribution in [1.29, 1.82) is 0 Å². The summed E-state index contributed by atoms with van der Waals surface area (Å²) in [6.45, 7) is 0. The Balaban J connectivity index is 1.68. The topological polar surface area (TPSA) is 67.4 Å². The normalized spacial score (nSPS) is 15.6. The van der Waals surface area contributed by atoms with Crippen LogP contribution in [-0.4, -0.2) is 31.1 Å². The van der Waals surface area contributed by atoms with Crippen LogP contribution in [0, 0.1) is 0 Å². The lowest BCUT2D eigenvalue weighted by Gasteiger charge is -2.28. The molecule has 5 heteroatoms. The summed E-state index contributed by atoms with van der Waals surface area (Å²) in [6, 6.07) is 16.9. The lowest BCUT2D eigenvalue weighted by atomic mass is 9.94. The fourth-order valence-corrected chi connectivity index (χ4v) is 3.67. The maximum absolute atomic E-state index is 13.0. The molecule has 0 bridgehead atoms. The molecule has 5 nitrogen and oxygen atoms in total. The van der Waals surface area contributed by atoms with Gasteiger partial charge in [-0.15, -0.1) is 0 Å². The van der Waals surface area contributed by atoms with Gasteiger partial charge in [0.05, 0.1) is 18.7 Å². The maximum Gasteiger partial charge on any atom is 0.337 e. The summed E-state index contributed by atoms with van der Waals surface area (Å²) >= 11 is 0. The molecule has 1 amide bonds. The van der Waals surface area contributed by atoms with E-state index in [-0.39, 0.29) is 11.9 Å². The number of rotatable bonds is 7. The van der Waals surface area contributed by atoms with Crippen molar-refractivity contribution in [2.75, 3.05) is 12.4 Å². The van der Waals surface area contributed by atoms with Crippen LogP contribution in [-0.2, 0) is 16.0 Å². The number of amides is 1. The van der Waals surface area contributed by atoms with Crippen molar-refractivity contribution in [3.63, 3.8) is 0 Å². The molecule has 0 radical (unpaired) electrons. The summed E-state index contributed by atoms with van der Waals surface area (Å²) in [5.74, 6) is -0.445. The number of benzene rings is 2. The number of ether oxygens (including phenoxy) is 1. The van der Waals surface area contributed by atoms with Crippen molar-refractivity contribution in [3.8, 4) is 0 Å². The molecule has 3 rings (SSSR count). The van der Waals surface area contributed by atoms with Gasteiger partial charge in [-0.1, -0.05) is 49.6 Å². The van der Waals surface area contributed by atoms with Crippen LogP contribution in [0.15, 0.2) is 54.6 Å². The highest BCUT2D eigenvalue weighted by atomic mass is 16.5. The van der Waals surface area contributed by atoms with Gasteiger partial charge in [0.15, 0.2) is 0 Å². The van der Waals surface area contributed by atoms with Gasteiger partial charge in [0.2, 0.25) is 5.91 Å². The number of hydrogen-bond donors (Lipinski definition) is 2. The molecule has 0 aromatic heterocycles. The van der Waals surface area contributed by atoms with E-state index in [1.165, 1.54) is 26.4 Å². The molecule has 28 heavy (non-hydrogen) atoms. The van der Waals surface area contributed by atoms with Crippen LogP contribution < -0.4 is 10.6 Å². The van der Waals surface area contributed by atoms with Crippen LogP contribution in [0.1, 0.15) is 48.0 Å². The summed E-state index contributed by atoms with van der Waals surface area (Å²) in [7, 11) is 1.35. The fraction of sp³-hybridized carbons (Fsp3) is 0.391. The zero-order valence-electron chi connectivity index (χ0n) is 16.3. The van der Waals surface area contributed by atoms with E-state index in [2.05, 4.69) is 10.6 Å². The van der Waals surface area contributed by atoms with Gasteiger partial charge < -0.3 is 15.4 Å². The highest BCUT2D eigenvalue weighted by molar-refractivity contribution is 5.96. The van der Waals surface area contributed by atoms with Crippen LogP contribution in [0.2, 0.25) is 0 Å². The van der Waals surface area contributed by atoms with Crippen molar-refractivity contribution < 1.29 is 14.3 Å². The SMILES string of the molecule is COC(=O)c1ccc(NC(=O)[C@@H](Cc2ccccc2)NC2CCCCC2)cc1. The minimum Gasteiger partial charge on any atom is -0.465 e. The third-order valence-electron chi connectivity index (χ3n) is 5.21. The van der Waals surface area contributed by atoms with Gasteiger partial charge in [-0.3, -0.25) is 4.79 Å². The number of nitrogens with one attached hydrogen (secondary N) is 2. The van der Waals surface area contributed by atoms with Crippen LogP contribution in [0.4, 0.5) is 5.69 Å². The largest absolute Gasteiger partial charge is 0.465 e. The van der Waals surface area contributed by atoms with Crippen molar-refractivity contribution in [3.05, 3.63) is 65.7 Å². The van der Waals surface area contributed by atoms with E-state index < -0.39 is 5.97 Å². The number of methoxy groups -OCH3 is 1. The molecular formula is C23H28N2O3. The van der Waals surface area contributed by atoms with Gasteiger partial charge in [-0.05, 0) is 49.1 Å². The zero-order valence-corrected chi connectivity index (χ0v) is 16.3. The summed E-state index contributed by atoms with van der Waals surface area (Å²) in [5, 5.41) is 6.56. The summed E-state index contributed by atoms with van der Waals surface area (Å²) in [4.78, 5) is 24.6. The molecule has 2 aromatic rings. The van der Waals surface area contributed by atoms with Crippen LogP contribution in [0.3, 0.4) is 0 Å². The smallest absolute Gasteiger partial charge is 0.337 e. The minimum absolute atomic E-state index is 0.0553. The lowest BCUT2D eigenvalue weighted by Crippen LogP contribution is -2.47. The van der Waals surface area contributed by atoms with Crippen molar-refractivity contribution in [2.24, 2.45) is 0 Å². The summed E-state index contributed by atoms with van der Waals surface area (Å²) in [6.07, 6.45) is 6.58. The average molecular weight is 380 g/mol. The van der Waals surface area contributed by atoms with Crippen LogP contribution in [0.5, 0.6) is 0 Å². The van der Waals surface area contributed by atoms with Gasteiger partial charge in [0.25, 0.3) is 0 Å². The second-order valence-electron chi connectivity index (χ2n) is 7.30. The number of esters is 1. The zero-order chi connectivity index (χ0) is 19.8. The molecule has 2 aromatic carbocycles. The second kappa shape index (κ2) is 10.0. The molecule has 1 atom stereocenters. The Kier molecular flexibility index (Phi) is 7.20. The molecule has 1 fully saturated rings. The van der Waals surface area contributed by atoms with E-state index in [9.17, 15) is 9.59 Å². The maximum atomic E-state index is 13.0. The van der Waals surface area contributed by atoms with E-state index in [0.717, 1.165) is 18.4 Å². The second-order valence-corrected chi connectivity index (χ2v) is 7.30.